The van der Waals surface area contributed by atoms with Crippen LogP contribution in [0.3, 0.4) is 0 Å². The maximum absolute atomic E-state index is 13.4. The van der Waals surface area contributed by atoms with Gasteiger partial charge in [-0.05, 0) is 24.6 Å². The molecule has 2 rings (SSSR count). The molecule has 3 heteroatoms. The Labute approximate surface area is 105 Å². The van der Waals surface area contributed by atoms with Gasteiger partial charge in [0.15, 0.2) is 0 Å². The highest BCUT2D eigenvalue weighted by atomic mass is 19.1. The average Bonchev–Trinajstić information content (AvgIpc) is 2.38. The van der Waals surface area contributed by atoms with Crippen molar-refractivity contribution in [3.05, 3.63) is 65.0 Å². The molecule has 18 heavy (non-hydrogen) atoms. The Bertz CT molecular complexity index is 602. The molecule has 0 unspecified atom stereocenters. The molecule has 0 aliphatic carbocycles. The Kier molecular flexibility index (Phi) is 3.59. The quantitative estimate of drug-likeness (QED) is 0.822. The lowest BCUT2D eigenvalue weighted by Crippen LogP contribution is -2.00. The van der Waals surface area contributed by atoms with Gasteiger partial charge < -0.3 is 4.74 Å². The SMILES string of the molecule is Cc1cccc(OCc2ccccc2F)c1C#N. The topological polar surface area (TPSA) is 33.0 Å². The summed E-state index contributed by atoms with van der Waals surface area (Å²) < 4.78 is 18.9. The summed E-state index contributed by atoms with van der Waals surface area (Å²) in [6.07, 6.45) is 0. The number of hydrogen-bond donors (Lipinski definition) is 0. The molecule has 0 bridgehead atoms. The van der Waals surface area contributed by atoms with E-state index in [4.69, 9.17) is 10.00 Å². The molecule has 0 aliphatic rings. The van der Waals surface area contributed by atoms with Crippen LogP contribution in [0.25, 0.3) is 0 Å². The van der Waals surface area contributed by atoms with Gasteiger partial charge in [0.2, 0.25) is 0 Å². The lowest BCUT2D eigenvalue weighted by Gasteiger charge is -2.09. The van der Waals surface area contributed by atoms with Gasteiger partial charge in [0.1, 0.15) is 24.2 Å². The van der Waals surface area contributed by atoms with Crippen LogP contribution < -0.4 is 4.74 Å². The number of nitriles is 1. The number of aryl methyl sites for hydroxylation is 1. The molecule has 0 heterocycles. The molecular formula is C15H12FNO. The van der Waals surface area contributed by atoms with Gasteiger partial charge in [-0.2, -0.15) is 5.26 Å². The van der Waals surface area contributed by atoms with Gasteiger partial charge in [-0.3, -0.25) is 0 Å². The third kappa shape index (κ3) is 2.49. The zero-order valence-corrected chi connectivity index (χ0v) is 9.98. The van der Waals surface area contributed by atoms with Gasteiger partial charge in [0.25, 0.3) is 0 Å². The van der Waals surface area contributed by atoms with Crippen molar-refractivity contribution in [1.29, 1.82) is 5.26 Å². The molecule has 0 radical (unpaired) electrons. The summed E-state index contributed by atoms with van der Waals surface area (Å²) >= 11 is 0. The van der Waals surface area contributed by atoms with Gasteiger partial charge in [-0.25, -0.2) is 4.39 Å². The van der Waals surface area contributed by atoms with E-state index in [0.717, 1.165) is 5.56 Å². The second-order valence-corrected chi connectivity index (χ2v) is 3.94. The minimum absolute atomic E-state index is 0.116. The Morgan fingerprint density at radius 2 is 1.94 bits per heavy atom. The van der Waals surface area contributed by atoms with E-state index in [1.165, 1.54) is 6.07 Å². The molecule has 0 saturated heterocycles. The van der Waals surface area contributed by atoms with Crippen LogP contribution in [0.2, 0.25) is 0 Å². The second kappa shape index (κ2) is 5.33. The molecular weight excluding hydrogens is 229 g/mol. The molecule has 0 atom stereocenters. The second-order valence-electron chi connectivity index (χ2n) is 3.94. The molecule has 0 aliphatic heterocycles. The van der Waals surface area contributed by atoms with Crippen LogP contribution in [0.5, 0.6) is 5.75 Å². The van der Waals surface area contributed by atoms with E-state index in [-0.39, 0.29) is 12.4 Å². The van der Waals surface area contributed by atoms with Crippen molar-refractivity contribution in [2.24, 2.45) is 0 Å². The minimum Gasteiger partial charge on any atom is -0.487 e. The van der Waals surface area contributed by atoms with Crippen molar-refractivity contribution in [2.45, 2.75) is 13.5 Å². The van der Waals surface area contributed by atoms with Crippen molar-refractivity contribution in [1.82, 2.24) is 0 Å². The first-order chi connectivity index (χ1) is 8.72. The van der Waals surface area contributed by atoms with Crippen molar-refractivity contribution in [3.8, 4) is 11.8 Å². The average molecular weight is 241 g/mol. The third-order valence-electron chi connectivity index (χ3n) is 2.69. The first kappa shape index (κ1) is 12.1. The molecule has 2 aromatic rings. The van der Waals surface area contributed by atoms with Gasteiger partial charge in [0.05, 0.1) is 5.56 Å². The van der Waals surface area contributed by atoms with Crippen LogP contribution in [-0.2, 0) is 6.61 Å². The Morgan fingerprint density at radius 1 is 1.17 bits per heavy atom. The normalized spacial score (nSPS) is 9.83. The smallest absolute Gasteiger partial charge is 0.137 e. The van der Waals surface area contributed by atoms with E-state index in [0.29, 0.717) is 16.9 Å². The minimum atomic E-state index is -0.302. The number of hydrogen-bond acceptors (Lipinski definition) is 2. The van der Waals surface area contributed by atoms with E-state index in [9.17, 15) is 4.39 Å². The van der Waals surface area contributed by atoms with Gasteiger partial charge in [-0.1, -0.05) is 30.3 Å². The van der Waals surface area contributed by atoms with Gasteiger partial charge >= 0.3 is 0 Å². The fourth-order valence-corrected chi connectivity index (χ4v) is 1.68. The fourth-order valence-electron chi connectivity index (χ4n) is 1.68. The van der Waals surface area contributed by atoms with Crippen LogP contribution in [0.15, 0.2) is 42.5 Å². The predicted octanol–water partition coefficient (Wildman–Crippen LogP) is 3.58. The number of nitrogens with zero attached hydrogens (tertiary/aromatic N) is 1. The van der Waals surface area contributed by atoms with Crippen LogP contribution in [0.4, 0.5) is 4.39 Å². The van der Waals surface area contributed by atoms with Crippen LogP contribution >= 0.6 is 0 Å². The summed E-state index contributed by atoms with van der Waals surface area (Å²) in [6, 6.07) is 13.9. The molecule has 0 spiro atoms. The Morgan fingerprint density at radius 3 is 2.67 bits per heavy atom. The maximum atomic E-state index is 13.4. The molecule has 2 nitrogen and oxygen atoms in total. The van der Waals surface area contributed by atoms with E-state index in [2.05, 4.69) is 6.07 Å². The highest BCUT2D eigenvalue weighted by Gasteiger charge is 2.07. The fraction of sp³-hybridized carbons (Fsp3) is 0.133. The van der Waals surface area contributed by atoms with E-state index in [1.807, 2.05) is 19.1 Å². The van der Waals surface area contributed by atoms with Crippen LogP contribution in [0, 0.1) is 24.1 Å². The summed E-state index contributed by atoms with van der Waals surface area (Å²) in [7, 11) is 0. The van der Waals surface area contributed by atoms with Crippen molar-refractivity contribution in [3.63, 3.8) is 0 Å². The number of benzene rings is 2. The highest BCUT2D eigenvalue weighted by Crippen LogP contribution is 2.22. The molecule has 2 aromatic carbocycles. The zero-order chi connectivity index (χ0) is 13.0. The number of ether oxygens (including phenoxy) is 1. The van der Waals surface area contributed by atoms with Crippen LogP contribution in [0.1, 0.15) is 16.7 Å². The first-order valence-corrected chi connectivity index (χ1v) is 5.58. The van der Waals surface area contributed by atoms with E-state index >= 15 is 0 Å². The monoisotopic (exact) mass is 241 g/mol. The summed E-state index contributed by atoms with van der Waals surface area (Å²) in [5, 5.41) is 9.05. The molecule has 90 valence electrons. The molecule has 0 fully saturated rings. The van der Waals surface area contributed by atoms with E-state index < -0.39 is 0 Å². The largest absolute Gasteiger partial charge is 0.487 e. The summed E-state index contributed by atoms with van der Waals surface area (Å²) in [4.78, 5) is 0. The lowest BCUT2D eigenvalue weighted by molar-refractivity contribution is 0.299. The maximum Gasteiger partial charge on any atom is 0.137 e. The summed E-state index contributed by atoms with van der Waals surface area (Å²) in [5.41, 5.74) is 1.82. The zero-order valence-electron chi connectivity index (χ0n) is 9.98. The number of rotatable bonds is 3. The summed E-state index contributed by atoms with van der Waals surface area (Å²) in [5.74, 6) is 0.185. The standard InChI is InChI=1S/C15H12FNO/c1-11-5-4-8-15(13(11)9-17)18-10-12-6-2-3-7-14(12)16/h2-8H,10H2,1H3. The molecule has 0 N–H and O–H groups in total. The number of halogens is 1. The highest BCUT2D eigenvalue weighted by molar-refractivity contribution is 5.48. The van der Waals surface area contributed by atoms with E-state index in [1.54, 1.807) is 24.3 Å². The molecule has 0 amide bonds. The Balaban J connectivity index is 2.19. The predicted molar refractivity (Wildman–Crippen MR) is 66.6 cm³/mol. The van der Waals surface area contributed by atoms with Crippen molar-refractivity contribution in [2.75, 3.05) is 0 Å². The Hall–Kier alpha value is -2.34. The van der Waals surface area contributed by atoms with Crippen LogP contribution in [-0.4, -0.2) is 0 Å². The first-order valence-electron chi connectivity index (χ1n) is 5.58. The van der Waals surface area contributed by atoms with Gasteiger partial charge in [0, 0.05) is 5.56 Å². The summed E-state index contributed by atoms with van der Waals surface area (Å²) in [6.45, 7) is 1.96. The lowest BCUT2D eigenvalue weighted by atomic mass is 10.1. The molecule has 0 saturated carbocycles. The van der Waals surface area contributed by atoms with Crippen molar-refractivity contribution >= 4 is 0 Å². The molecule has 0 aromatic heterocycles. The van der Waals surface area contributed by atoms with Gasteiger partial charge in [-0.15, -0.1) is 0 Å². The van der Waals surface area contributed by atoms with Crippen molar-refractivity contribution < 1.29 is 9.13 Å². The third-order valence-corrected chi connectivity index (χ3v) is 2.69.